The Bertz CT molecular complexity index is 767. The summed E-state index contributed by atoms with van der Waals surface area (Å²) >= 11 is 0. The molecule has 3 rings (SSSR count). The van der Waals surface area contributed by atoms with Crippen LogP contribution in [0.1, 0.15) is 25.7 Å². The van der Waals surface area contributed by atoms with E-state index in [0.717, 1.165) is 25.7 Å². The molecule has 2 aromatic carbocycles. The van der Waals surface area contributed by atoms with Crippen LogP contribution in [0.5, 0.6) is 11.5 Å². The maximum absolute atomic E-state index is 11.6. The second-order valence-corrected chi connectivity index (χ2v) is 5.93. The monoisotopic (exact) mass is 358 g/mol. The van der Waals surface area contributed by atoms with Crippen LogP contribution in [0.2, 0.25) is 0 Å². The lowest BCUT2D eigenvalue weighted by Gasteiger charge is -2.17. The van der Waals surface area contributed by atoms with E-state index in [9.17, 15) is 20.2 Å². The topological polar surface area (TPSA) is 105 Å². The molecule has 136 valence electrons. The van der Waals surface area contributed by atoms with Crippen LogP contribution in [-0.2, 0) is 0 Å². The van der Waals surface area contributed by atoms with Crippen molar-refractivity contribution in [2.45, 2.75) is 25.7 Å². The van der Waals surface area contributed by atoms with Gasteiger partial charge in [0.2, 0.25) is 0 Å². The molecule has 0 aromatic heterocycles. The van der Waals surface area contributed by atoms with E-state index < -0.39 is 9.85 Å². The highest BCUT2D eigenvalue weighted by molar-refractivity contribution is 5.89. The van der Waals surface area contributed by atoms with E-state index in [-0.39, 0.29) is 34.0 Å². The number of fused-ring (bicyclic) bond motifs is 3. The maximum Gasteiger partial charge on any atom is 0.281 e. The second-order valence-electron chi connectivity index (χ2n) is 5.93. The van der Waals surface area contributed by atoms with Crippen molar-refractivity contribution in [3.63, 3.8) is 0 Å². The van der Waals surface area contributed by atoms with Crippen LogP contribution in [-0.4, -0.2) is 23.1 Å². The molecular formula is C18H18N2O6. The van der Waals surface area contributed by atoms with Crippen LogP contribution < -0.4 is 9.47 Å². The molecule has 1 aliphatic heterocycles. The zero-order valence-corrected chi connectivity index (χ0v) is 14.1. The number of nitro benzene ring substituents is 2. The molecule has 0 saturated carbocycles. The van der Waals surface area contributed by atoms with Crippen LogP contribution in [0.25, 0.3) is 11.1 Å². The fourth-order valence-corrected chi connectivity index (χ4v) is 3.01. The van der Waals surface area contributed by atoms with E-state index in [1.807, 2.05) is 0 Å². The minimum Gasteiger partial charge on any atom is -0.493 e. The molecule has 2 aromatic rings. The molecule has 0 amide bonds. The minimum absolute atomic E-state index is 0.0837. The van der Waals surface area contributed by atoms with Gasteiger partial charge in [-0.3, -0.25) is 20.2 Å². The Kier molecular flexibility index (Phi) is 5.31. The Morgan fingerprint density at radius 3 is 1.50 bits per heavy atom. The van der Waals surface area contributed by atoms with Crippen LogP contribution in [0.4, 0.5) is 11.4 Å². The first-order valence-electron chi connectivity index (χ1n) is 8.40. The SMILES string of the molecule is O=[N+]([O-])c1cccc2c1-c1c(cccc1[N+](=O)[O-])OCCCCCCO2. The van der Waals surface area contributed by atoms with E-state index in [1.165, 1.54) is 24.3 Å². The van der Waals surface area contributed by atoms with Gasteiger partial charge in [0.25, 0.3) is 11.4 Å². The molecule has 26 heavy (non-hydrogen) atoms. The largest absolute Gasteiger partial charge is 0.493 e. The lowest BCUT2D eigenvalue weighted by molar-refractivity contribution is -0.386. The highest BCUT2D eigenvalue weighted by atomic mass is 16.6. The molecule has 0 fully saturated rings. The Morgan fingerprint density at radius 2 is 1.12 bits per heavy atom. The Hall–Kier alpha value is -3.16. The molecule has 8 nitrogen and oxygen atoms in total. The van der Waals surface area contributed by atoms with Crippen molar-refractivity contribution >= 4 is 11.4 Å². The lowest BCUT2D eigenvalue weighted by Crippen LogP contribution is -2.06. The van der Waals surface area contributed by atoms with E-state index >= 15 is 0 Å². The predicted molar refractivity (Wildman–Crippen MR) is 94.6 cm³/mol. The standard InChI is InChI=1S/C18H18N2O6/c21-19(22)13-7-5-9-15-17(13)18-14(20(23)24)8-6-10-16(18)26-12-4-2-1-3-11-25-15/h5-10H,1-4,11-12H2. The molecule has 0 saturated heterocycles. The molecule has 1 heterocycles. The van der Waals surface area contributed by atoms with Gasteiger partial charge in [-0.25, -0.2) is 0 Å². The highest BCUT2D eigenvalue weighted by Gasteiger charge is 2.30. The van der Waals surface area contributed by atoms with E-state index in [0.29, 0.717) is 13.2 Å². The van der Waals surface area contributed by atoms with Gasteiger partial charge in [-0.15, -0.1) is 0 Å². The third kappa shape index (κ3) is 3.58. The van der Waals surface area contributed by atoms with Crippen molar-refractivity contribution in [3.05, 3.63) is 56.6 Å². The van der Waals surface area contributed by atoms with Crippen molar-refractivity contribution in [2.24, 2.45) is 0 Å². The van der Waals surface area contributed by atoms with E-state index in [2.05, 4.69) is 0 Å². The second kappa shape index (κ2) is 7.81. The Morgan fingerprint density at radius 1 is 0.692 bits per heavy atom. The summed E-state index contributed by atoms with van der Waals surface area (Å²) in [7, 11) is 0. The Balaban J connectivity index is 2.29. The summed E-state index contributed by atoms with van der Waals surface area (Å²) in [5.41, 5.74) is -0.335. The minimum atomic E-state index is -0.561. The number of benzene rings is 2. The van der Waals surface area contributed by atoms with E-state index in [1.54, 1.807) is 12.1 Å². The predicted octanol–water partition coefficient (Wildman–Crippen LogP) is 4.50. The fourth-order valence-electron chi connectivity index (χ4n) is 3.01. The summed E-state index contributed by atoms with van der Waals surface area (Å²) in [6.07, 6.45) is 3.50. The zero-order chi connectivity index (χ0) is 18.5. The first kappa shape index (κ1) is 17.7. The van der Waals surface area contributed by atoms with Crippen molar-refractivity contribution < 1.29 is 19.3 Å². The van der Waals surface area contributed by atoms with Gasteiger partial charge < -0.3 is 9.47 Å². The molecular weight excluding hydrogens is 340 g/mol. The average molecular weight is 358 g/mol. The summed E-state index contributed by atoms with van der Waals surface area (Å²) < 4.78 is 11.5. The van der Waals surface area contributed by atoms with Crippen LogP contribution in [0, 0.1) is 20.2 Å². The van der Waals surface area contributed by atoms with Crippen LogP contribution >= 0.6 is 0 Å². The van der Waals surface area contributed by atoms with Crippen molar-refractivity contribution in [3.8, 4) is 22.6 Å². The molecule has 0 N–H and O–H groups in total. The first-order chi connectivity index (χ1) is 12.6. The number of hydrogen-bond acceptors (Lipinski definition) is 6. The molecule has 0 spiro atoms. The van der Waals surface area contributed by atoms with Gasteiger partial charge in [0.05, 0.1) is 23.1 Å². The summed E-state index contributed by atoms with van der Waals surface area (Å²) in [6, 6.07) is 8.84. The van der Waals surface area contributed by atoms with E-state index in [4.69, 9.17) is 9.47 Å². The third-order valence-corrected chi connectivity index (χ3v) is 4.21. The maximum atomic E-state index is 11.6. The van der Waals surface area contributed by atoms with Gasteiger partial charge in [-0.05, 0) is 37.8 Å². The van der Waals surface area contributed by atoms with Crippen molar-refractivity contribution in [2.75, 3.05) is 13.2 Å². The first-order valence-corrected chi connectivity index (χ1v) is 8.40. The lowest BCUT2D eigenvalue weighted by atomic mass is 9.99. The normalized spacial score (nSPS) is 14.5. The summed E-state index contributed by atoms with van der Waals surface area (Å²) in [6.45, 7) is 0.788. The molecule has 1 aliphatic rings. The van der Waals surface area contributed by atoms with Crippen molar-refractivity contribution in [1.29, 1.82) is 0 Å². The van der Waals surface area contributed by atoms with Crippen LogP contribution in [0.3, 0.4) is 0 Å². The smallest absolute Gasteiger partial charge is 0.281 e. The number of rotatable bonds is 2. The van der Waals surface area contributed by atoms with Gasteiger partial charge in [-0.1, -0.05) is 12.1 Å². The molecule has 0 radical (unpaired) electrons. The zero-order valence-electron chi connectivity index (χ0n) is 14.1. The van der Waals surface area contributed by atoms with Gasteiger partial charge >= 0.3 is 0 Å². The Labute approximate surface area is 149 Å². The number of nitro groups is 2. The number of ether oxygens (including phenoxy) is 2. The quantitative estimate of drug-likeness (QED) is 0.578. The average Bonchev–Trinajstić information content (AvgIpc) is 2.62. The van der Waals surface area contributed by atoms with Gasteiger partial charge in [0, 0.05) is 12.1 Å². The molecule has 0 atom stereocenters. The molecule has 8 heteroatoms. The van der Waals surface area contributed by atoms with Crippen LogP contribution in [0.15, 0.2) is 36.4 Å². The van der Waals surface area contributed by atoms with Gasteiger partial charge in [0.15, 0.2) is 0 Å². The highest BCUT2D eigenvalue weighted by Crippen LogP contribution is 2.47. The van der Waals surface area contributed by atoms with Crippen molar-refractivity contribution in [1.82, 2.24) is 0 Å². The summed E-state index contributed by atoms with van der Waals surface area (Å²) in [5, 5.41) is 23.2. The summed E-state index contributed by atoms with van der Waals surface area (Å²) in [5.74, 6) is 0.498. The molecule has 0 aliphatic carbocycles. The summed E-state index contributed by atoms with van der Waals surface area (Å²) in [4.78, 5) is 22.0. The fraction of sp³-hybridized carbons (Fsp3) is 0.333. The van der Waals surface area contributed by atoms with Gasteiger partial charge in [-0.2, -0.15) is 0 Å². The van der Waals surface area contributed by atoms with Gasteiger partial charge in [0.1, 0.15) is 22.6 Å². The number of nitrogens with zero attached hydrogens (tertiary/aromatic N) is 2. The number of hydrogen-bond donors (Lipinski definition) is 0. The third-order valence-electron chi connectivity index (χ3n) is 4.21. The molecule has 0 bridgehead atoms. The molecule has 0 unspecified atom stereocenters.